The summed E-state index contributed by atoms with van der Waals surface area (Å²) in [5.41, 5.74) is 7.31. The molecule has 2 rings (SSSR count). The van der Waals surface area contributed by atoms with Crippen LogP contribution in [0.25, 0.3) is 6.08 Å². The van der Waals surface area contributed by atoms with Crippen molar-refractivity contribution in [2.75, 3.05) is 0 Å². The zero-order chi connectivity index (χ0) is 9.26. The average molecular weight is 175 g/mol. The van der Waals surface area contributed by atoms with Crippen molar-refractivity contribution in [3.63, 3.8) is 0 Å². The molecule has 1 aliphatic heterocycles. The summed E-state index contributed by atoms with van der Waals surface area (Å²) in [6.45, 7) is 0.748. The minimum Gasteiger partial charge on any atom is -0.387 e. The van der Waals surface area contributed by atoms with Crippen LogP contribution in [-0.2, 0) is 6.54 Å². The van der Waals surface area contributed by atoms with Crippen molar-refractivity contribution in [3.8, 4) is 0 Å². The summed E-state index contributed by atoms with van der Waals surface area (Å²) >= 11 is 0. The fourth-order valence-electron chi connectivity index (χ4n) is 1.24. The Hall–Kier alpha value is -1.84. The highest BCUT2D eigenvalue weighted by molar-refractivity contribution is 5.91. The van der Waals surface area contributed by atoms with Gasteiger partial charge in [0.2, 0.25) is 0 Å². The topological polar surface area (TPSA) is 68.0 Å². The number of primary amides is 1. The number of carbonyl (C=O) groups excluding carboxylic acids is 1. The number of hydrogen-bond acceptors (Lipinski definition) is 3. The molecular formula is C9H9N3O. The first kappa shape index (κ1) is 7.79. The van der Waals surface area contributed by atoms with Crippen molar-refractivity contribution in [2.24, 2.45) is 5.73 Å². The van der Waals surface area contributed by atoms with E-state index in [2.05, 4.69) is 10.3 Å². The van der Waals surface area contributed by atoms with Crippen LogP contribution in [0.1, 0.15) is 21.7 Å². The van der Waals surface area contributed by atoms with Crippen LogP contribution in [-0.4, -0.2) is 10.9 Å². The van der Waals surface area contributed by atoms with Gasteiger partial charge in [0.1, 0.15) is 5.69 Å². The summed E-state index contributed by atoms with van der Waals surface area (Å²) in [5.74, 6) is -0.491. The van der Waals surface area contributed by atoms with E-state index in [1.807, 2.05) is 12.1 Å². The minimum absolute atomic E-state index is 0.310. The molecule has 0 radical (unpaired) electrons. The number of rotatable bonds is 1. The summed E-state index contributed by atoms with van der Waals surface area (Å²) < 4.78 is 0. The Bertz CT molecular complexity index is 384. The van der Waals surface area contributed by atoms with Crippen molar-refractivity contribution in [1.82, 2.24) is 10.3 Å². The van der Waals surface area contributed by atoms with Crippen LogP contribution >= 0.6 is 0 Å². The maximum atomic E-state index is 10.8. The van der Waals surface area contributed by atoms with Crippen LogP contribution in [0, 0.1) is 0 Å². The number of nitrogens with zero attached hydrogens (tertiary/aromatic N) is 1. The van der Waals surface area contributed by atoms with E-state index < -0.39 is 5.91 Å². The molecule has 0 bridgehead atoms. The maximum Gasteiger partial charge on any atom is 0.267 e. The second kappa shape index (κ2) is 2.90. The number of carbonyl (C=O) groups is 1. The monoisotopic (exact) mass is 175 g/mol. The van der Waals surface area contributed by atoms with Gasteiger partial charge in [-0.3, -0.25) is 4.79 Å². The molecule has 66 valence electrons. The molecule has 1 aliphatic rings. The van der Waals surface area contributed by atoms with E-state index >= 15 is 0 Å². The van der Waals surface area contributed by atoms with Crippen LogP contribution in [0.15, 0.2) is 18.3 Å². The number of aromatic nitrogens is 1. The molecule has 1 aromatic rings. The first-order chi connectivity index (χ1) is 6.27. The molecule has 2 heterocycles. The molecule has 0 spiro atoms. The minimum atomic E-state index is -0.491. The predicted octanol–water partition coefficient (Wildman–Crippen LogP) is 0.254. The Morgan fingerprint density at radius 1 is 1.54 bits per heavy atom. The number of nitrogens with one attached hydrogen (secondary N) is 1. The molecule has 1 aromatic heterocycles. The Morgan fingerprint density at radius 2 is 2.38 bits per heavy atom. The van der Waals surface area contributed by atoms with Gasteiger partial charge in [-0.15, -0.1) is 0 Å². The van der Waals surface area contributed by atoms with Gasteiger partial charge in [0.05, 0.1) is 5.69 Å². The number of nitrogens with two attached hydrogens (primary N) is 1. The fraction of sp³-hybridized carbons (Fsp3) is 0.111. The molecule has 0 atom stereocenters. The average Bonchev–Trinajstić information content (AvgIpc) is 2.17. The molecule has 0 saturated carbocycles. The third-order valence-electron chi connectivity index (χ3n) is 1.92. The van der Waals surface area contributed by atoms with Gasteiger partial charge >= 0.3 is 0 Å². The molecular weight excluding hydrogens is 166 g/mol. The van der Waals surface area contributed by atoms with Gasteiger partial charge in [0.15, 0.2) is 0 Å². The van der Waals surface area contributed by atoms with Crippen molar-refractivity contribution in [1.29, 1.82) is 0 Å². The summed E-state index contributed by atoms with van der Waals surface area (Å²) in [6, 6.07) is 3.50. The molecule has 13 heavy (non-hydrogen) atoms. The van der Waals surface area contributed by atoms with E-state index in [9.17, 15) is 4.79 Å². The molecule has 0 unspecified atom stereocenters. The first-order valence-electron chi connectivity index (χ1n) is 3.97. The molecule has 4 heteroatoms. The van der Waals surface area contributed by atoms with Crippen molar-refractivity contribution < 1.29 is 4.79 Å². The number of amides is 1. The van der Waals surface area contributed by atoms with E-state index in [0.717, 1.165) is 17.8 Å². The zero-order valence-corrected chi connectivity index (χ0v) is 6.95. The lowest BCUT2D eigenvalue weighted by Crippen LogP contribution is -2.17. The smallest absolute Gasteiger partial charge is 0.267 e. The van der Waals surface area contributed by atoms with Crippen LogP contribution in [0.4, 0.5) is 0 Å². The summed E-state index contributed by atoms with van der Waals surface area (Å²) in [7, 11) is 0. The lowest BCUT2D eigenvalue weighted by molar-refractivity contribution is 0.0995. The van der Waals surface area contributed by atoms with Gasteiger partial charge in [-0.1, -0.05) is 6.07 Å². The standard InChI is InChI=1S/C9H9N3O/c10-9(13)8-2-1-6-5-11-4-3-7(6)12-8/h1-4,11H,5H2,(H2,10,13). The lowest BCUT2D eigenvalue weighted by Gasteiger charge is -2.11. The highest BCUT2D eigenvalue weighted by Crippen LogP contribution is 2.12. The summed E-state index contributed by atoms with van der Waals surface area (Å²) in [5, 5.41) is 3.05. The molecule has 0 fully saturated rings. The second-order valence-corrected chi connectivity index (χ2v) is 2.82. The molecule has 0 saturated heterocycles. The molecule has 0 aromatic carbocycles. The van der Waals surface area contributed by atoms with Crippen molar-refractivity contribution in [2.45, 2.75) is 6.54 Å². The molecule has 4 nitrogen and oxygen atoms in total. The summed E-state index contributed by atoms with van der Waals surface area (Å²) in [4.78, 5) is 14.9. The highest BCUT2D eigenvalue weighted by atomic mass is 16.1. The Balaban J connectivity index is 2.48. The van der Waals surface area contributed by atoms with Gasteiger partial charge < -0.3 is 11.1 Å². The molecule has 3 N–H and O–H groups in total. The SMILES string of the molecule is NC(=O)c1ccc2c(n1)C=CNC2. The van der Waals surface area contributed by atoms with Crippen molar-refractivity contribution >= 4 is 12.0 Å². The summed E-state index contributed by atoms with van der Waals surface area (Å²) in [6.07, 6.45) is 3.63. The molecule has 1 amide bonds. The van der Waals surface area contributed by atoms with Gasteiger partial charge in [-0.05, 0) is 23.9 Å². The zero-order valence-electron chi connectivity index (χ0n) is 6.95. The van der Waals surface area contributed by atoms with E-state index in [1.54, 1.807) is 12.3 Å². The normalized spacial score (nSPS) is 13.2. The van der Waals surface area contributed by atoms with E-state index in [0.29, 0.717) is 5.69 Å². The van der Waals surface area contributed by atoms with Crippen LogP contribution < -0.4 is 11.1 Å². The van der Waals surface area contributed by atoms with Crippen molar-refractivity contribution in [3.05, 3.63) is 35.3 Å². The van der Waals surface area contributed by atoms with E-state index in [1.165, 1.54) is 0 Å². The number of hydrogen-bond donors (Lipinski definition) is 2. The fourth-order valence-corrected chi connectivity index (χ4v) is 1.24. The number of pyridine rings is 1. The van der Waals surface area contributed by atoms with Gasteiger partial charge in [0.25, 0.3) is 5.91 Å². The Kier molecular flexibility index (Phi) is 1.73. The second-order valence-electron chi connectivity index (χ2n) is 2.82. The number of fused-ring (bicyclic) bond motifs is 1. The predicted molar refractivity (Wildman–Crippen MR) is 48.6 cm³/mol. The Labute approximate surface area is 75.5 Å². The maximum absolute atomic E-state index is 10.8. The van der Waals surface area contributed by atoms with E-state index in [-0.39, 0.29) is 0 Å². The lowest BCUT2D eigenvalue weighted by atomic mass is 10.1. The Morgan fingerprint density at radius 3 is 3.15 bits per heavy atom. The quantitative estimate of drug-likeness (QED) is 0.643. The van der Waals surface area contributed by atoms with Crippen LogP contribution in [0.5, 0.6) is 0 Å². The van der Waals surface area contributed by atoms with Gasteiger partial charge in [-0.25, -0.2) is 4.98 Å². The van der Waals surface area contributed by atoms with Crippen LogP contribution in [0.2, 0.25) is 0 Å². The third-order valence-corrected chi connectivity index (χ3v) is 1.92. The van der Waals surface area contributed by atoms with Gasteiger partial charge in [-0.2, -0.15) is 0 Å². The van der Waals surface area contributed by atoms with Gasteiger partial charge in [0, 0.05) is 6.54 Å². The largest absolute Gasteiger partial charge is 0.387 e. The highest BCUT2D eigenvalue weighted by Gasteiger charge is 2.08. The van der Waals surface area contributed by atoms with Crippen LogP contribution in [0.3, 0.4) is 0 Å². The van der Waals surface area contributed by atoms with E-state index in [4.69, 9.17) is 5.73 Å². The molecule has 0 aliphatic carbocycles. The first-order valence-corrected chi connectivity index (χ1v) is 3.97. The third kappa shape index (κ3) is 1.38.